The van der Waals surface area contributed by atoms with Gasteiger partial charge in [0.05, 0.1) is 5.69 Å². The number of aromatic nitrogens is 1. The first kappa shape index (κ1) is 15.8. The van der Waals surface area contributed by atoms with Crippen molar-refractivity contribution >= 4 is 28.5 Å². The van der Waals surface area contributed by atoms with Gasteiger partial charge in [-0.2, -0.15) is 0 Å². The Bertz CT molecular complexity index is 492. The maximum absolute atomic E-state index is 11.8. The van der Waals surface area contributed by atoms with Gasteiger partial charge in [-0.15, -0.1) is 11.3 Å². The van der Waals surface area contributed by atoms with E-state index in [9.17, 15) is 9.59 Å². The predicted molar refractivity (Wildman–Crippen MR) is 81.8 cm³/mol. The summed E-state index contributed by atoms with van der Waals surface area (Å²) in [5, 5.41) is 14.8. The van der Waals surface area contributed by atoms with Crippen LogP contribution >= 0.6 is 11.3 Å². The van der Waals surface area contributed by atoms with Crippen LogP contribution in [-0.4, -0.2) is 28.6 Å². The summed E-state index contributed by atoms with van der Waals surface area (Å²) in [5.74, 6) is -0.670. The van der Waals surface area contributed by atoms with Crippen LogP contribution in [0.3, 0.4) is 0 Å². The lowest BCUT2D eigenvalue weighted by atomic mass is 10.0. The third kappa shape index (κ3) is 5.00. The predicted octanol–water partition coefficient (Wildman–Crippen LogP) is 2.64. The number of aryl methyl sites for hydroxylation is 2. The summed E-state index contributed by atoms with van der Waals surface area (Å²) in [6, 6.07) is -0.275. The van der Waals surface area contributed by atoms with Crippen LogP contribution in [0, 0.1) is 5.92 Å². The van der Waals surface area contributed by atoms with Crippen molar-refractivity contribution in [2.24, 2.45) is 5.92 Å². The van der Waals surface area contributed by atoms with E-state index in [2.05, 4.69) is 15.6 Å². The topological polar surface area (TPSA) is 91.3 Å². The first-order valence-corrected chi connectivity index (χ1v) is 8.11. The second-order valence-corrected chi connectivity index (χ2v) is 6.55. The number of hydrogen-bond donors (Lipinski definition) is 3. The molecule has 1 aromatic rings. The maximum Gasteiger partial charge on any atom is 0.321 e. The number of rotatable bonds is 6. The van der Waals surface area contributed by atoms with Crippen molar-refractivity contribution in [3.05, 3.63) is 10.6 Å². The van der Waals surface area contributed by atoms with E-state index in [1.54, 1.807) is 11.3 Å². The van der Waals surface area contributed by atoms with Crippen molar-refractivity contribution in [3.8, 4) is 0 Å². The van der Waals surface area contributed by atoms with Crippen LogP contribution in [0.5, 0.6) is 0 Å². The SMILES string of the molecule is CC(CCC(=O)O)CNC(=O)Nc1nc2c(s1)CCCC2. The van der Waals surface area contributed by atoms with Crippen molar-refractivity contribution in [1.82, 2.24) is 10.3 Å². The highest BCUT2D eigenvalue weighted by Gasteiger charge is 2.16. The van der Waals surface area contributed by atoms with Gasteiger partial charge in [0, 0.05) is 17.8 Å². The molecule has 1 aliphatic carbocycles. The van der Waals surface area contributed by atoms with Crippen molar-refractivity contribution in [2.75, 3.05) is 11.9 Å². The molecule has 1 aromatic heterocycles. The van der Waals surface area contributed by atoms with Crippen LogP contribution in [0.2, 0.25) is 0 Å². The van der Waals surface area contributed by atoms with Crippen LogP contribution in [-0.2, 0) is 17.6 Å². The minimum absolute atomic E-state index is 0.129. The lowest BCUT2D eigenvalue weighted by molar-refractivity contribution is -0.137. The molecule has 0 saturated heterocycles. The Hall–Kier alpha value is -1.63. The number of fused-ring (bicyclic) bond motifs is 1. The van der Waals surface area contributed by atoms with Crippen molar-refractivity contribution in [2.45, 2.75) is 45.4 Å². The number of anilines is 1. The molecule has 7 heteroatoms. The molecule has 0 bridgehead atoms. The quantitative estimate of drug-likeness (QED) is 0.753. The molecule has 21 heavy (non-hydrogen) atoms. The van der Waals surface area contributed by atoms with Crippen molar-refractivity contribution in [1.29, 1.82) is 0 Å². The highest BCUT2D eigenvalue weighted by atomic mass is 32.1. The van der Waals surface area contributed by atoms with Crippen LogP contribution in [0.25, 0.3) is 0 Å². The van der Waals surface area contributed by atoms with E-state index >= 15 is 0 Å². The third-order valence-electron chi connectivity index (χ3n) is 3.53. The second kappa shape index (κ2) is 7.40. The fraction of sp³-hybridized carbons (Fsp3) is 0.643. The van der Waals surface area contributed by atoms with E-state index in [1.807, 2.05) is 6.92 Å². The molecule has 0 fully saturated rings. The molecule has 0 aromatic carbocycles. The Morgan fingerprint density at radius 2 is 2.14 bits per heavy atom. The molecule has 1 unspecified atom stereocenters. The number of hydrogen-bond acceptors (Lipinski definition) is 4. The molecule has 0 radical (unpaired) electrons. The first-order chi connectivity index (χ1) is 10.0. The number of nitrogens with zero attached hydrogens (tertiary/aromatic N) is 1. The maximum atomic E-state index is 11.8. The van der Waals surface area contributed by atoms with Gasteiger partial charge in [0.2, 0.25) is 0 Å². The number of carboxylic acids is 1. The highest BCUT2D eigenvalue weighted by molar-refractivity contribution is 7.15. The highest BCUT2D eigenvalue weighted by Crippen LogP contribution is 2.29. The van der Waals surface area contributed by atoms with Gasteiger partial charge in [-0.25, -0.2) is 9.78 Å². The monoisotopic (exact) mass is 311 g/mol. The molecule has 1 atom stereocenters. The zero-order valence-corrected chi connectivity index (χ0v) is 13.0. The Labute approximate surface area is 128 Å². The number of carboxylic acid groups (broad SMARTS) is 1. The number of aliphatic carboxylic acids is 1. The number of thiazole rings is 1. The molecule has 0 aliphatic heterocycles. The van der Waals surface area contributed by atoms with E-state index in [0.29, 0.717) is 18.1 Å². The van der Waals surface area contributed by atoms with Gasteiger partial charge in [0.15, 0.2) is 5.13 Å². The summed E-state index contributed by atoms with van der Waals surface area (Å²) in [6.07, 6.45) is 5.11. The molecular formula is C14H21N3O3S. The van der Waals surface area contributed by atoms with Crippen LogP contribution in [0.1, 0.15) is 43.2 Å². The lowest BCUT2D eigenvalue weighted by Gasteiger charge is -2.11. The fourth-order valence-electron chi connectivity index (χ4n) is 2.29. The normalized spacial score (nSPS) is 15.1. The van der Waals surface area contributed by atoms with Crippen LogP contribution in [0.4, 0.5) is 9.93 Å². The van der Waals surface area contributed by atoms with Gasteiger partial charge < -0.3 is 10.4 Å². The van der Waals surface area contributed by atoms with Crippen LogP contribution in [0.15, 0.2) is 0 Å². The van der Waals surface area contributed by atoms with Gasteiger partial charge in [0.1, 0.15) is 0 Å². The summed E-state index contributed by atoms with van der Waals surface area (Å²) in [7, 11) is 0. The molecule has 0 spiro atoms. The number of carbonyl (C=O) groups excluding carboxylic acids is 1. The van der Waals surface area contributed by atoms with Gasteiger partial charge in [-0.3, -0.25) is 10.1 Å². The van der Waals surface area contributed by atoms with Gasteiger partial charge in [0.25, 0.3) is 0 Å². The van der Waals surface area contributed by atoms with Gasteiger partial charge in [-0.05, 0) is 38.0 Å². The molecule has 2 amide bonds. The largest absolute Gasteiger partial charge is 0.481 e. The number of amides is 2. The zero-order chi connectivity index (χ0) is 15.2. The molecule has 116 valence electrons. The molecule has 6 nitrogen and oxygen atoms in total. The molecule has 2 rings (SSSR count). The number of carbonyl (C=O) groups is 2. The summed E-state index contributed by atoms with van der Waals surface area (Å²) in [6.45, 7) is 2.38. The molecule has 3 N–H and O–H groups in total. The van der Waals surface area contributed by atoms with E-state index in [4.69, 9.17) is 5.11 Å². The average molecular weight is 311 g/mol. The fourth-order valence-corrected chi connectivity index (χ4v) is 3.33. The van der Waals surface area contributed by atoms with Crippen LogP contribution < -0.4 is 10.6 Å². The number of urea groups is 1. The first-order valence-electron chi connectivity index (χ1n) is 7.30. The average Bonchev–Trinajstić information content (AvgIpc) is 2.84. The Kier molecular flexibility index (Phi) is 5.55. The van der Waals surface area contributed by atoms with E-state index in [0.717, 1.165) is 18.5 Å². The summed E-state index contributed by atoms with van der Waals surface area (Å²) >= 11 is 1.55. The minimum atomic E-state index is -0.806. The van der Waals surface area contributed by atoms with E-state index < -0.39 is 5.97 Å². The van der Waals surface area contributed by atoms with Crippen molar-refractivity contribution in [3.63, 3.8) is 0 Å². The minimum Gasteiger partial charge on any atom is -0.481 e. The number of nitrogens with one attached hydrogen (secondary N) is 2. The molecule has 0 saturated carbocycles. The van der Waals surface area contributed by atoms with Gasteiger partial charge in [-0.1, -0.05) is 6.92 Å². The third-order valence-corrected chi connectivity index (χ3v) is 4.60. The molecule has 1 heterocycles. The Morgan fingerprint density at radius 1 is 1.38 bits per heavy atom. The Morgan fingerprint density at radius 3 is 2.86 bits per heavy atom. The lowest BCUT2D eigenvalue weighted by Crippen LogP contribution is -2.32. The smallest absolute Gasteiger partial charge is 0.321 e. The van der Waals surface area contributed by atoms with Crippen molar-refractivity contribution < 1.29 is 14.7 Å². The second-order valence-electron chi connectivity index (χ2n) is 5.47. The van der Waals surface area contributed by atoms with Gasteiger partial charge >= 0.3 is 12.0 Å². The summed E-state index contributed by atoms with van der Waals surface area (Å²) in [5.41, 5.74) is 1.12. The standard InChI is InChI=1S/C14H21N3O3S/c1-9(6-7-12(18)19)8-15-13(20)17-14-16-10-4-2-3-5-11(10)21-14/h9H,2-8H2,1H3,(H,18,19)(H2,15,16,17,20). The molecular weight excluding hydrogens is 290 g/mol. The molecule has 1 aliphatic rings. The summed E-state index contributed by atoms with van der Waals surface area (Å²) < 4.78 is 0. The van der Waals surface area contributed by atoms with E-state index in [-0.39, 0.29) is 18.4 Å². The Balaban J connectivity index is 1.74. The van der Waals surface area contributed by atoms with E-state index in [1.165, 1.54) is 17.7 Å². The summed E-state index contributed by atoms with van der Waals surface area (Å²) in [4.78, 5) is 28.0. The zero-order valence-electron chi connectivity index (χ0n) is 12.1.